The van der Waals surface area contributed by atoms with Gasteiger partial charge in [-0.3, -0.25) is 9.59 Å². The van der Waals surface area contributed by atoms with E-state index in [1.807, 2.05) is 0 Å². The SMILES string of the molecule is COc1ccc([C@H]2Oc3cc(OC)cc(OC)c3C(=O)[C@@H]2OC(C)=O)c(OC)c1. The van der Waals surface area contributed by atoms with E-state index in [0.29, 0.717) is 22.8 Å². The number of esters is 1. The molecule has 1 heterocycles. The maximum absolute atomic E-state index is 13.3. The number of carbonyl (C=O) groups excluding carboxylic acids is 2. The molecule has 0 aromatic heterocycles. The normalized spacial score (nSPS) is 17.6. The summed E-state index contributed by atoms with van der Waals surface area (Å²) in [5.41, 5.74) is 0.712. The average Bonchev–Trinajstić information content (AvgIpc) is 2.73. The Bertz CT molecular complexity index is 937. The third-order valence-corrected chi connectivity index (χ3v) is 4.57. The van der Waals surface area contributed by atoms with Gasteiger partial charge in [-0.2, -0.15) is 0 Å². The summed E-state index contributed by atoms with van der Waals surface area (Å²) < 4.78 is 32.7. The highest BCUT2D eigenvalue weighted by Crippen LogP contribution is 2.45. The number of benzene rings is 2. The zero-order valence-corrected chi connectivity index (χ0v) is 16.8. The number of Topliss-reactive ketones (excluding diaryl/α,β-unsaturated/α-hetero) is 1. The molecule has 0 unspecified atom stereocenters. The van der Waals surface area contributed by atoms with Crippen LogP contribution in [-0.4, -0.2) is 46.3 Å². The monoisotopic (exact) mass is 402 g/mol. The van der Waals surface area contributed by atoms with Crippen molar-refractivity contribution in [1.29, 1.82) is 0 Å². The molecule has 0 aliphatic carbocycles. The molecule has 2 aromatic rings. The lowest BCUT2D eigenvalue weighted by Gasteiger charge is -2.33. The van der Waals surface area contributed by atoms with Crippen LogP contribution < -0.4 is 23.7 Å². The third-order valence-electron chi connectivity index (χ3n) is 4.57. The predicted octanol–water partition coefficient (Wildman–Crippen LogP) is 2.97. The first kappa shape index (κ1) is 20.3. The molecule has 2 atom stereocenters. The number of carbonyl (C=O) groups is 2. The van der Waals surface area contributed by atoms with Crippen molar-refractivity contribution in [1.82, 2.24) is 0 Å². The molecule has 29 heavy (non-hydrogen) atoms. The molecule has 0 bridgehead atoms. The van der Waals surface area contributed by atoms with Gasteiger partial charge in [-0.15, -0.1) is 0 Å². The van der Waals surface area contributed by atoms with Crippen LogP contribution in [0.25, 0.3) is 0 Å². The van der Waals surface area contributed by atoms with E-state index in [1.54, 1.807) is 30.3 Å². The predicted molar refractivity (Wildman–Crippen MR) is 102 cm³/mol. The molecule has 0 N–H and O–H groups in total. The minimum absolute atomic E-state index is 0.184. The summed E-state index contributed by atoms with van der Waals surface area (Å²) >= 11 is 0. The van der Waals surface area contributed by atoms with E-state index in [4.69, 9.17) is 28.4 Å². The first-order chi connectivity index (χ1) is 13.9. The van der Waals surface area contributed by atoms with Crippen molar-refractivity contribution in [3.63, 3.8) is 0 Å². The Morgan fingerprint density at radius 2 is 1.55 bits per heavy atom. The van der Waals surface area contributed by atoms with Crippen LogP contribution in [0.15, 0.2) is 30.3 Å². The van der Waals surface area contributed by atoms with Crippen molar-refractivity contribution in [2.45, 2.75) is 19.1 Å². The minimum Gasteiger partial charge on any atom is -0.497 e. The summed E-state index contributed by atoms with van der Waals surface area (Å²) in [6.45, 7) is 1.23. The maximum atomic E-state index is 13.3. The second-order valence-corrected chi connectivity index (χ2v) is 6.24. The number of hydrogen-bond donors (Lipinski definition) is 0. The summed E-state index contributed by atoms with van der Waals surface area (Å²) in [5, 5.41) is 0. The van der Waals surface area contributed by atoms with Crippen LogP contribution in [0.5, 0.6) is 28.7 Å². The molecule has 0 saturated heterocycles. The Labute approximate surface area is 168 Å². The molecule has 1 aliphatic heterocycles. The zero-order valence-electron chi connectivity index (χ0n) is 16.8. The molecule has 8 nitrogen and oxygen atoms in total. The molecular weight excluding hydrogens is 380 g/mol. The first-order valence-corrected chi connectivity index (χ1v) is 8.79. The number of rotatable bonds is 6. The fraction of sp³-hybridized carbons (Fsp3) is 0.333. The molecule has 2 aromatic carbocycles. The van der Waals surface area contributed by atoms with Gasteiger partial charge in [-0.1, -0.05) is 0 Å². The lowest BCUT2D eigenvalue weighted by atomic mass is 9.92. The largest absolute Gasteiger partial charge is 0.497 e. The number of hydrogen-bond acceptors (Lipinski definition) is 8. The van der Waals surface area contributed by atoms with E-state index < -0.39 is 24.0 Å². The van der Waals surface area contributed by atoms with Crippen molar-refractivity contribution in [2.24, 2.45) is 0 Å². The third kappa shape index (κ3) is 3.78. The summed E-state index contributed by atoms with van der Waals surface area (Å²) in [6, 6.07) is 8.23. The van der Waals surface area contributed by atoms with Gasteiger partial charge in [0.1, 0.15) is 34.3 Å². The van der Waals surface area contributed by atoms with Gasteiger partial charge >= 0.3 is 5.97 Å². The summed E-state index contributed by atoms with van der Waals surface area (Å²) in [4.78, 5) is 25.0. The van der Waals surface area contributed by atoms with Crippen molar-refractivity contribution in [3.8, 4) is 28.7 Å². The van der Waals surface area contributed by atoms with Crippen LogP contribution in [0, 0.1) is 0 Å². The summed E-state index contributed by atoms with van der Waals surface area (Å²) in [5.74, 6) is 0.932. The summed E-state index contributed by atoms with van der Waals surface area (Å²) in [6.07, 6.45) is -2.15. The fourth-order valence-corrected chi connectivity index (χ4v) is 3.23. The van der Waals surface area contributed by atoms with E-state index in [-0.39, 0.29) is 17.1 Å². The van der Waals surface area contributed by atoms with Crippen molar-refractivity contribution in [3.05, 3.63) is 41.5 Å². The quantitative estimate of drug-likeness (QED) is 0.682. The number of ether oxygens (including phenoxy) is 6. The Balaban J connectivity index is 2.17. The molecule has 0 fully saturated rings. The van der Waals surface area contributed by atoms with Crippen LogP contribution in [0.4, 0.5) is 0 Å². The molecular formula is C21H22O8. The molecule has 0 spiro atoms. The van der Waals surface area contributed by atoms with Crippen LogP contribution in [0.1, 0.15) is 28.9 Å². The first-order valence-electron chi connectivity index (χ1n) is 8.79. The van der Waals surface area contributed by atoms with E-state index >= 15 is 0 Å². The maximum Gasteiger partial charge on any atom is 0.303 e. The van der Waals surface area contributed by atoms with E-state index in [1.165, 1.54) is 35.4 Å². The van der Waals surface area contributed by atoms with Gasteiger partial charge in [0.2, 0.25) is 11.9 Å². The Kier molecular flexibility index (Phi) is 5.81. The summed E-state index contributed by atoms with van der Waals surface area (Å²) in [7, 11) is 5.95. The highest BCUT2D eigenvalue weighted by atomic mass is 16.6. The van der Waals surface area contributed by atoms with Crippen LogP contribution in [0.2, 0.25) is 0 Å². The minimum atomic E-state index is -1.22. The van der Waals surface area contributed by atoms with Crippen LogP contribution in [-0.2, 0) is 9.53 Å². The molecule has 0 saturated carbocycles. The van der Waals surface area contributed by atoms with Gasteiger partial charge in [-0.05, 0) is 12.1 Å². The lowest BCUT2D eigenvalue weighted by molar-refractivity contribution is -0.148. The van der Waals surface area contributed by atoms with Gasteiger partial charge < -0.3 is 28.4 Å². The highest BCUT2D eigenvalue weighted by Gasteiger charge is 2.44. The van der Waals surface area contributed by atoms with Crippen molar-refractivity contribution < 1.29 is 38.0 Å². The van der Waals surface area contributed by atoms with E-state index in [9.17, 15) is 9.59 Å². The standard InChI is InChI=1S/C21H22O8/c1-11(22)28-21-19(23)18-16(27-5)9-13(25-3)10-17(18)29-20(21)14-7-6-12(24-2)8-15(14)26-4/h6-10,20-21H,1-5H3/t20-,21+/m1/s1. The van der Waals surface area contributed by atoms with Gasteiger partial charge in [0, 0.05) is 30.7 Å². The van der Waals surface area contributed by atoms with Crippen LogP contribution in [0.3, 0.4) is 0 Å². The van der Waals surface area contributed by atoms with Crippen LogP contribution >= 0.6 is 0 Å². The number of fused-ring (bicyclic) bond motifs is 1. The molecule has 154 valence electrons. The molecule has 8 heteroatoms. The van der Waals surface area contributed by atoms with E-state index in [2.05, 4.69) is 0 Å². The van der Waals surface area contributed by atoms with E-state index in [0.717, 1.165) is 0 Å². The van der Waals surface area contributed by atoms with Crippen molar-refractivity contribution in [2.75, 3.05) is 28.4 Å². The van der Waals surface area contributed by atoms with Crippen molar-refractivity contribution >= 4 is 11.8 Å². The molecule has 0 radical (unpaired) electrons. The number of methoxy groups -OCH3 is 4. The average molecular weight is 402 g/mol. The second-order valence-electron chi connectivity index (χ2n) is 6.24. The molecule has 1 aliphatic rings. The Hall–Kier alpha value is -3.42. The molecule has 0 amide bonds. The van der Waals surface area contributed by atoms with Gasteiger partial charge in [0.15, 0.2) is 6.10 Å². The second kappa shape index (κ2) is 8.30. The number of ketones is 1. The van der Waals surface area contributed by atoms with Gasteiger partial charge in [0.25, 0.3) is 0 Å². The molecule has 3 rings (SSSR count). The van der Waals surface area contributed by atoms with Gasteiger partial charge in [-0.25, -0.2) is 0 Å². The lowest BCUT2D eigenvalue weighted by Crippen LogP contribution is -2.40. The zero-order chi connectivity index (χ0) is 21.1. The van der Waals surface area contributed by atoms with Gasteiger partial charge in [0.05, 0.1) is 28.4 Å². The topological polar surface area (TPSA) is 89.5 Å². The Morgan fingerprint density at radius 3 is 2.14 bits per heavy atom. The fourth-order valence-electron chi connectivity index (χ4n) is 3.23. The Morgan fingerprint density at radius 1 is 0.897 bits per heavy atom. The smallest absolute Gasteiger partial charge is 0.303 e. The highest BCUT2D eigenvalue weighted by molar-refractivity contribution is 6.06.